The van der Waals surface area contributed by atoms with Crippen molar-refractivity contribution in [1.29, 1.82) is 0 Å². The second-order valence-corrected chi connectivity index (χ2v) is 7.99. The minimum atomic E-state index is -0.0833. The lowest BCUT2D eigenvalue weighted by Gasteiger charge is -2.30. The largest absolute Gasteiger partial charge is 0.351 e. The van der Waals surface area contributed by atoms with Crippen LogP contribution in [0.1, 0.15) is 30.1 Å². The van der Waals surface area contributed by atoms with Crippen LogP contribution < -0.4 is 10.9 Å². The van der Waals surface area contributed by atoms with Crippen LogP contribution in [0.5, 0.6) is 0 Å². The van der Waals surface area contributed by atoms with Gasteiger partial charge >= 0.3 is 0 Å². The number of pyridine rings is 1. The summed E-state index contributed by atoms with van der Waals surface area (Å²) in [6.45, 7) is 6.13. The highest BCUT2D eigenvalue weighted by Gasteiger charge is 2.16. The average Bonchev–Trinajstić information content (AvgIpc) is 2.74. The first-order chi connectivity index (χ1) is 14.1. The van der Waals surface area contributed by atoms with Crippen LogP contribution in [0.2, 0.25) is 0 Å². The number of carbonyl (C=O) groups excluding carboxylic acids is 1. The Bertz CT molecular complexity index is 1060. The van der Waals surface area contributed by atoms with E-state index >= 15 is 0 Å². The molecule has 0 saturated carbocycles. The number of carbonyl (C=O) groups is 1. The number of fused-ring (bicyclic) bond motifs is 1. The van der Waals surface area contributed by atoms with Crippen LogP contribution >= 0.6 is 0 Å². The van der Waals surface area contributed by atoms with Crippen LogP contribution in [0.4, 0.5) is 0 Å². The van der Waals surface area contributed by atoms with E-state index in [1.807, 2.05) is 48.5 Å². The molecule has 5 nitrogen and oxygen atoms in total. The Kier molecular flexibility index (Phi) is 5.76. The minimum Gasteiger partial charge on any atom is -0.351 e. The Hall–Kier alpha value is -2.92. The summed E-state index contributed by atoms with van der Waals surface area (Å²) < 4.78 is 0. The Morgan fingerprint density at radius 2 is 1.93 bits per heavy atom. The molecule has 0 aliphatic carbocycles. The van der Waals surface area contributed by atoms with Gasteiger partial charge in [-0.1, -0.05) is 25.1 Å². The van der Waals surface area contributed by atoms with Crippen LogP contribution in [0, 0.1) is 5.92 Å². The van der Waals surface area contributed by atoms with E-state index in [2.05, 4.69) is 22.1 Å². The zero-order valence-electron chi connectivity index (χ0n) is 16.8. The summed E-state index contributed by atoms with van der Waals surface area (Å²) in [6, 6.07) is 15.3. The van der Waals surface area contributed by atoms with Crippen LogP contribution in [-0.2, 0) is 0 Å². The SMILES string of the molecule is C[C@@H]1CCCN(CCNC(=O)c2ccc(-c3ccc4c(=O)[nH]ccc4c3)cc2)C1. The summed E-state index contributed by atoms with van der Waals surface area (Å²) >= 11 is 0. The molecule has 1 atom stereocenters. The molecule has 29 heavy (non-hydrogen) atoms. The monoisotopic (exact) mass is 389 g/mol. The second kappa shape index (κ2) is 8.62. The van der Waals surface area contributed by atoms with Crippen molar-refractivity contribution in [3.05, 3.63) is 70.6 Å². The Morgan fingerprint density at radius 1 is 1.14 bits per heavy atom. The summed E-state index contributed by atoms with van der Waals surface area (Å²) in [5, 5.41) is 4.61. The number of hydrogen-bond donors (Lipinski definition) is 2. The maximum atomic E-state index is 12.4. The lowest BCUT2D eigenvalue weighted by Crippen LogP contribution is -2.40. The van der Waals surface area contributed by atoms with Crippen LogP contribution in [0.15, 0.2) is 59.5 Å². The van der Waals surface area contributed by atoms with Crippen molar-refractivity contribution in [2.75, 3.05) is 26.2 Å². The number of piperidine rings is 1. The minimum absolute atomic E-state index is 0.0355. The fraction of sp³-hybridized carbons (Fsp3) is 0.333. The van der Waals surface area contributed by atoms with Crippen molar-refractivity contribution in [2.45, 2.75) is 19.8 Å². The molecule has 0 radical (unpaired) electrons. The number of nitrogens with zero attached hydrogens (tertiary/aromatic N) is 1. The molecule has 1 saturated heterocycles. The van der Waals surface area contributed by atoms with E-state index in [1.54, 1.807) is 6.20 Å². The molecule has 2 heterocycles. The fourth-order valence-electron chi connectivity index (χ4n) is 4.11. The van der Waals surface area contributed by atoms with Gasteiger partial charge in [-0.3, -0.25) is 9.59 Å². The molecule has 2 aromatic carbocycles. The van der Waals surface area contributed by atoms with E-state index in [0.29, 0.717) is 17.5 Å². The maximum Gasteiger partial charge on any atom is 0.255 e. The van der Waals surface area contributed by atoms with Gasteiger partial charge in [-0.15, -0.1) is 0 Å². The quantitative estimate of drug-likeness (QED) is 0.700. The van der Waals surface area contributed by atoms with E-state index in [0.717, 1.165) is 42.1 Å². The summed E-state index contributed by atoms with van der Waals surface area (Å²) in [5.74, 6) is 0.715. The molecule has 3 aromatic rings. The van der Waals surface area contributed by atoms with Crippen molar-refractivity contribution in [2.24, 2.45) is 5.92 Å². The molecule has 150 valence electrons. The molecule has 0 spiro atoms. The van der Waals surface area contributed by atoms with E-state index < -0.39 is 0 Å². The molecule has 0 unspecified atom stereocenters. The molecule has 1 aliphatic rings. The third-order valence-corrected chi connectivity index (χ3v) is 5.71. The number of amides is 1. The lowest BCUT2D eigenvalue weighted by atomic mass is 10.0. The molecule has 1 fully saturated rings. The van der Waals surface area contributed by atoms with E-state index in [9.17, 15) is 9.59 Å². The average molecular weight is 389 g/mol. The molecule has 5 heteroatoms. The van der Waals surface area contributed by atoms with Crippen molar-refractivity contribution in [1.82, 2.24) is 15.2 Å². The van der Waals surface area contributed by atoms with Gasteiger partial charge in [0.15, 0.2) is 0 Å². The zero-order valence-corrected chi connectivity index (χ0v) is 16.8. The molecule has 1 amide bonds. The smallest absolute Gasteiger partial charge is 0.255 e. The van der Waals surface area contributed by atoms with Gasteiger partial charge in [0.05, 0.1) is 0 Å². The fourth-order valence-corrected chi connectivity index (χ4v) is 4.11. The normalized spacial score (nSPS) is 17.3. The summed E-state index contributed by atoms with van der Waals surface area (Å²) in [4.78, 5) is 29.4. The van der Waals surface area contributed by atoms with Crippen LogP contribution in [-0.4, -0.2) is 42.0 Å². The van der Waals surface area contributed by atoms with Gasteiger partial charge in [-0.25, -0.2) is 0 Å². The zero-order chi connectivity index (χ0) is 20.2. The van der Waals surface area contributed by atoms with E-state index in [-0.39, 0.29) is 11.5 Å². The molecule has 0 bridgehead atoms. The number of benzene rings is 2. The highest BCUT2D eigenvalue weighted by molar-refractivity contribution is 5.95. The number of H-pyrrole nitrogens is 1. The number of rotatable bonds is 5. The molecule has 1 aliphatic heterocycles. The first-order valence-corrected chi connectivity index (χ1v) is 10.3. The molecule has 4 rings (SSSR count). The first kappa shape index (κ1) is 19.4. The number of aromatic amines is 1. The van der Waals surface area contributed by atoms with Crippen LogP contribution in [0.3, 0.4) is 0 Å². The number of aromatic nitrogens is 1. The summed E-state index contributed by atoms with van der Waals surface area (Å²) in [5.41, 5.74) is 2.62. The highest BCUT2D eigenvalue weighted by atomic mass is 16.1. The van der Waals surface area contributed by atoms with Crippen molar-refractivity contribution >= 4 is 16.7 Å². The first-order valence-electron chi connectivity index (χ1n) is 10.3. The third-order valence-electron chi connectivity index (χ3n) is 5.71. The van der Waals surface area contributed by atoms with Crippen molar-refractivity contribution < 1.29 is 4.79 Å². The maximum absolute atomic E-state index is 12.4. The second-order valence-electron chi connectivity index (χ2n) is 7.99. The Balaban J connectivity index is 1.38. The van der Waals surface area contributed by atoms with Gasteiger partial charge in [0.1, 0.15) is 0 Å². The third kappa shape index (κ3) is 4.57. The van der Waals surface area contributed by atoms with Gasteiger partial charge in [0.25, 0.3) is 11.5 Å². The van der Waals surface area contributed by atoms with Gasteiger partial charge in [0, 0.05) is 36.8 Å². The van der Waals surface area contributed by atoms with Crippen LogP contribution in [0.25, 0.3) is 21.9 Å². The van der Waals surface area contributed by atoms with Gasteiger partial charge in [-0.2, -0.15) is 0 Å². The topological polar surface area (TPSA) is 65.2 Å². The predicted octanol–water partition coefficient (Wildman–Crippen LogP) is 3.66. The molecule has 1 aromatic heterocycles. The van der Waals surface area contributed by atoms with Gasteiger partial charge in [0.2, 0.25) is 0 Å². The standard InChI is InChI=1S/C24H27N3O2/c1-17-3-2-13-27(16-17)14-12-26-23(28)19-6-4-18(5-7-19)20-8-9-22-21(15-20)10-11-25-24(22)29/h4-11,15,17H,2-3,12-14,16H2,1H3,(H,25,29)(H,26,28)/t17-/m1/s1. The Morgan fingerprint density at radius 3 is 2.72 bits per heavy atom. The van der Waals surface area contributed by atoms with Gasteiger partial charge in [-0.05, 0) is 72.1 Å². The summed E-state index contributed by atoms with van der Waals surface area (Å²) in [6.07, 6.45) is 4.22. The number of nitrogens with one attached hydrogen (secondary N) is 2. The van der Waals surface area contributed by atoms with E-state index in [4.69, 9.17) is 0 Å². The number of likely N-dealkylation sites (tertiary alicyclic amines) is 1. The lowest BCUT2D eigenvalue weighted by molar-refractivity contribution is 0.0944. The Labute approximate surface area is 170 Å². The molecule has 2 N–H and O–H groups in total. The predicted molar refractivity (Wildman–Crippen MR) is 117 cm³/mol. The van der Waals surface area contributed by atoms with E-state index in [1.165, 1.54) is 12.8 Å². The molecular weight excluding hydrogens is 362 g/mol. The van der Waals surface area contributed by atoms with Gasteiger partial charge < -0.3 is 15.2 Å². The van der Waals surface area contributed by atoms with Crippen molar-refractivity contribution in [3.8, 4) is 11.1 Å². The number of hydrogen-bond acceptors (Lipinski definition) is 3. The van der Waals surface area contributed by atoms with Crippen molar-refractivity contribution in [3.63, 3.8) is 0 Å². The molecular formula is C24H27N3O2. The summed E-state index contributed by atoms with van der Waals surface area (Å²) in [7, 11) is 0. The highest BCUT2D eigenvalue weighted by Crippen LogP contribution is 2.23.